The van der Waals surface area contributed by atoms with Crippen LogP contribution in [0.25, 0.3) is 0 Å². The van der Waals surface area contributed by atoms with E-state index in [4.69, 9.17) is 4.74 Å². The van der Waals surface area contributed by atoms with Gasteiger partial charge in [0.2, 0.25) is 0 Å². The van der Waals surface area contributed by atoms with Gasteiger partial charge in [-0.3, -0.25) is 0 Å². The lowest BCUT2D eigenvalue weighted by Crippen LogP contribution is -2.06. The maximum absolute atomic E-state index is 5.01. The van der Waals surface area contributed by atoms with Crippen molar-refractivity contribution in [2.45, 2.75) is 26.9 Å². The number of anilines is 1. The number of ether oxygens (including phenoxy) is 1. The molecule has 0 saturated heterocycles. The minimum Gasteiger partial charge on any atom is -0.377 e. The van der Waals surface area contributed by atoms with Gasteiger partial charge >= 0.3 is 0 Å². The molecule has 0 aliphatic carbocycles. The second kappa shape index (κ2) is 5.54. The first-order valence-electron chi connectivity index (χ1n) is 4.89. The number of rotatable bonds is 5. The molecule has 0 spiro atoms. The van der Waals surface area contributed by atoms with Crippen LogP contribution in [0.2, 0.25) is 0 Å². The summed E-state index contributed by atoms with van der Waals surface area (Å²) in [6.45, 7) is 5.46. The summed E-state index contributed by atoms with van der Waals surface area (Å²) in [7, 11) is 1.65. The van der Waals surface area contributed by atoms with Gasteiger partial charge in [-0.1, -0.05) is 6.92 Å². The van der Waals surface area contributed by atoms with E-state index in [1.807, 2.05) is 13.0 Å². The van der Waals surface area contributed by atoms with E-state index in [0.717, 1.165) is 30.3 Å². The van der Waals surface area contributed by atoms with E-state index in [1.54, 1.807) is 7.11 Å². The Kier molecular flexibility index (Phi) is 4.32. The van der Waals surface area contributed by atoms with Crippen molar-refractivity contribution in [3.05, 3.63) is 17.6 Å². The predicted molar refractivity (Wildman–Crippen MR) is 56.3 cm³/mol. The Labute approximate surface area is 84.7 Å². The average Bonchev–Trinajstić information content (AvgIpc) is 2.18. The van der Waals surface area contributed by atoms with E-state index in [2.05, 4.69) is 22.2 Å². The Hall–Kier alpha value is -1.16. The number of aryl methyl sites for hydroxylation is 1. The Balaban J connectivity index is 2.88. The summed E-state index contributed by atoms with van der Waals surface area (Å²) in [5.74, 6) is 1.62. The molecular weight excluding hydrogens is 178 g/mol. The summed E-state index contributed by atoms with van der Waals surface area (Å²) < 4.78 is 5.01. The van der Waals surface area contributed by atoms with Crippen molar-refractivity contribution in [2.75, 3.05) is 19.0 Å². The van der Waals surface area contributed by atoms with Gasteiger partial charge in [0, 0.05) is 25.4 Å². The molecular formula is C10H17N3O. The fraction of sp³-hybridized carbons (Fsp3) is 0.600. The van der Waals surface area contributed by atoms with E-state index < -0.39 is 0 Å². The van der Waals surface area contributed by atoms with Crippen LogP contribution in [-0.2, 0) is 17.8 Å². The molecule has 0 aliphatic heterocycles. The van der Waals surface area contributed by atoms with Crippen LogP contribution in [0.5, 0.6) is 0 Å². The molecule has 1 aromatic rings. The topological polar surface area (TPSA) is 47.0 Å². The Morgan fingerprint density at radius 1 is 1.36 bits per heavy atom. The predicted octanol–water partition coefficient (Wildman–Crippen LogP) is 1.62. The Bertz CT molecular complexity index is 264. The molecule has 0 aliphatic rings. The van der Waals surface area contributed by atoms with Gasteiger partial charge in [-0.05, 0) is 13.3 Å². The molecule has 0 amide bonds. The Morgan fingerprint density at radius 2 is 2.14 bits per heavy atom. The van der Waals surface area contributed by atoms with Gasteiger partial charge < -0.3 is 10.1 Å². The second-order valence-electron chi connectivity index (χ2n) is 2.98. The summed E-state index contributed by atoms with van der Waals surface area (Å²) in [5.41, 5.74) is 1.04. The van der Waals surface area contributed by atoms with Crippen LogP contribution in [0.1, 0.15) is 25.4 Å². The van der Waals surface area contributed by atoms with E-state index in [9.17, 15) is 0 Å². The van der Waals surface area contributed by atoms with Crippen LogP contribution in [0, 0.1) is 0 Å². The fourth-order valence-electron chi connectivity index (χ4n) is 1.20. The van der Waals surface area contributed by atoms with Gasteiger partial charge in [0.1, 0.15) is 12.4 Å². The minimum atomic E-state index is 0.465. The average molecular weight is 195 g/mol. The highest BCUT2D eigenvalue weighted by molar-refractivity contribution is 5.35. The molecule has 1 aromatic heterocycles. The monoisotopic (exact) mass is 195 g/mol. The lowest BCUT2D eigenvalue weighted by Gasteiger charge is -2.07. The lowest BCUT2D eigenvalue weighted by atomic mass is 10.3. The van der Waals surface area contributed by atoms with Gasteiger partial charge in [-0.25, -0.2) is 9.97 Å². The van der Waals surface area contributed by atoms with E-state index in [-0.39, 0.29) is 0 Å². The fourth-order valence-corrected chi connectivity index (χ4v) is 1.20. The van der Waals surface area contributed by atoms with Gasteiger partial charge in [0.05, 0.1) is 0 Å². The molecule has 0 fully saturated rings. The number of hydrogen-bond acceptors (Lipinski definition) is 4. The lowest BCUT2D eigenvalue weighted by molar-refractivity contribution is 0.177. The summed E-state index contributed by atoms with van der Waals surface area (Å²) in [4.78, 5) is 8.66. The first-order valence-corrected chi connectivity index (χ1v) is 4.89. The summed E-state index contributed by atoms with van der Waals surface area (Å²) in [6, 6.07) is 1.97. The van der Waals surface area contributed by atoms with Crippen molar-refractivity contribution >= 4 is 5.82 Å². The van der Waals surface area contributed by atoms with Crippen molar-refractivity contribution in [2.24, 2.45) is 0 Å². The van der Waals surface area contributed by atoms with Crippen LogP contribution in [0.4, 0.5) is 5.82 Å². The third-order valence-electron chi connectivity index (χ3n) is 1.82. The minimum absolute atomic E-state index is 0.465. The Morgan fingerprint density at radius 3 is 2.71 bits per heavy atom. The van der Waals surface area contributed by atoms with E-state index in [1.165, 1.54) is 0 Å². The van der Waals surface area contributed by atoms with Crippen LogP contribution in [0.3, 0.4) is 0 Å². The molecule has 1 N–H and O–H groups in total. The van der Waals surface area contributed by atoms with Gasteiger partial charge in [0.15, 0.2) is 5.82 Å². The quantitative estimate of drug-likeness (QED) is 0.775. The highest BCUT2D eigenvalue weighted by Crippen LogP contribution is 2.07. The number of hydrogen-bond donors (Lipinski definition) is 1. The first-order chi connectivity index (χ1) is 6.80. The van der Waals surface area contributed by atoms with Crippen molar-refractivity contribution in [3.8, 4) is 0 Å². The zero-order valence-corrected chi connectivity index (χ0v) is 9.00. The summed E-state index contributed by atoms with van der Waals surface area (Å²) >= 11 is 0. The largest absolute Gasteiger partial charge is 0.377 e. The molecule has 0 unspecified atom stereocenters. The molecule has 1 heterocycles. The maximum Gasteiger partial charge on any atom is 0.156 e. The molecule has 4 heteroatoms. The van der Waals surface area contributed by atoms with Crippen molar-refractivity contribution < 1.29 is 4.74 Å². The standard InChI is InChI=1S/C10H17N3O/c1-4-8-6-9(11-5-2)13-10(12-8)7-14-3/h6H,4-5,7H2,1-3H3,(H,11,12,13). The maximum atomic E-state index is 5.01. The van der Waals surface area contributed by atoms with Crippen LogP contribution < -0.4 is 5.32 Å². The number of aromatic nitrogens is 2. The molecule has 0 aromatic carbocycles. The normalized spacial score (nSPS) is 10.2. The summed E-state index contributed by atoms with van der Waals surface area (Å²) in [6.07, 6.45) is 0.914. The molecule has 0 saturated carbocycles. The smallest absolute Gasteiger partial charge is 0.156 e. The molecule has 1 rings (SSSR count). The highest BCUT2D eigenvalue weighted by Gasteiger charge is 2.02. The molecule has 14 heavy (non-hydrogen) atoms. The van der Waals surface area contributed by atoms with E-state index >= 15 is 0 Å². The first kappa shape index (κ1) is 10.9. The molecule has 0 bridgehead atoms. The number of methoxy groups -OCH3 is 1. The van der Waals surface area contributed by atoms with Crippen LogP contribution in [0.15, 0.2) is 6.07 Å². The second-order valence-corrected chi connectivity index (χ2v) is 2.98. The molecule has 4 nitrogen and oxygen atoms in total. The van der Waals surface area contributed by atoms with E-state index in [0.29, 0.717) is 6.61 Å². The zero-order chi connectivity index (χ0) is 10.4. The summed E-state index contributed by atoms with van der Waals surface area (Å²) in [5, 5.41) is 3.17. The number of nitrogens with one attached hydrogen (secondary N) is 1. The van der Waals surface area contributed by atoms with Crippen molar-refractivity contribution in [1.82, 2.24) is 9.97 Å². The van der Waals surface area contributed by atoms with Gasteiger partial charge in [-0.15, -0.1) is 0 Å². The third-order valence-corrected chi connectivity index (χ3v) is 1.82. The van der Waals surface area contributed by atoms with Crippen molar-refractivity contribution in [3.63, 3.8) is 0 Å². The van der Waals surface area contributed by atoms with Crippen LogP contribution in [-0.4, -0.2) is 23.6 Å². The molecule has 0 radical (unpaired) electrons. The number of nitrogens with zero attached hydrogens (tertiary/aromatic N) is 2. The van der Waals surface area contributed by atoms with Crippen LogP contribution >= 0.6 is 0 Å². The third kappa shape index (κ3) is 2.96. The van der Waals surface area contributed by atoms with Gasteiger partial charge in [0.25, 0.3) is 0 Å². The van der Waals surface area contributed by atoms with Gasteiger partial charge in [-0.2, -0.15) is 0 Å². The van der Waals surface area contributed by atoms with Crippen molar-refractivity contribution in [1.29, 1.82) is 0 Å². The molecule has 78 valence electrons. The SMILES string of the molecule is CCNc1cc(CC)nc(COC)n1. The molecule has 0 atom stereocenters. The zero-order valence-electron chi connectivity index (χ0n) is 9.00. The highest BCUT2D eigenvalue weighted by atomic mass is 16.5.